The third-order valence-corrected chi connectivity index (χ3v) is 6.18. The second-order valence-electron chi connectivity index (χ2n) is 8.37. The first-order valence-corrected chi connectivity index (χ1v) is 11.1. The van der Waals surface area contributed by atoms with Crippen LogP contribution in [0.1, 0.15) is 44.0 Å². The summed E-state index contributed by atoms with van der Waals surface area (Å²) in [6, 6.07) is 7.61. The molecule has 2 aromatic carbocycles. The second-order valence-corrected chi connectivity index (χ2v) is 8.37. The van der Waals surface area contributed by atoms with Crippen molar-refractivity contribution in [3.05, 3.63) is 64.7 Å². The maximum absolute atomic E-state index is 13.0. The number of carbonyl (C=O) groups excluding carboxylic acids is 3. The van der Waals surface area contributed by atoms with Gasteiger partial charge in [-0.1, -0.05) is 30.3 Å². The quantitative estimate of drug-likeness (QED) is 0.674. The zero-order valence-corrected chi connectivity index (χ0v) is 18.1. The Bertz CT molecular complexity index is 1190. The first kappa shape index (κ1) is 18.2. The average molecular weight is 453 g/mol. The van der Waals surface area contributed by atoms with Crippen molar-refractivity contribution >= 4 is 17.7 Å². The van der Waals surface area contributed by atoms with Gasteiger partial charge in [-0.2, -0.15) is 0 Å². The maximum Gasteiger partial charge on any atom is 0.255 e. The summed E-state index contributed by atoms with van der Waals surface area (Å²) in [6.07, 6.45) is 0.414. The molecule has 0 saturated carbocycles. The Labute approximate surface area is 196 Å². The molecule has 2 atom stereocenters. The summed E-state index contributed by atoms with van der Waals surface area (Å²) >= 11 is 0. The monoisotopic (exact) mass is 452 g/mol. The molecule has 3 aliphatic rings. The van der Waals surface area contributed by atoms with Crippen LogP contribution in [0, 0.1) is 0 Å². The van der Waals surface area contributed by atoms with E-state index < -0.39 is 18.5 Å². The molecule has 8 nitrogen and oxygen atoms in total. The molecule has 0 aromatic heterocycles. The molecule has 3 heterocycles. The van der Waals surface area contributed by atoms with E-state index in [-0.39, 0.29) is 48.8 Å². The molecule has 33 heavy (non-hydrogen) atoms. The van der Waals surface area contributed by atoms with Crippen molar-refractivity contribution in [2.75, 3.05) is 26.3 Å². The minimum atomic E-state index is -1.34. The van der Waals surface area contributed by atoms with Crippen LogP contribution < -0.4 is 10.1 Å². The standard InChI is InChI=1S/C25H27N3O5/c29-23-9-8-21(24(30)26-23)28-15-20-19(25(28)31)2-1-3-22(20)33-16-18-6-4-17(5-7-18)14-27-10-12-32-13-11-27/h1-7,21H,8-16H2,(H,26,29,30)/i6D,7D,16D. The van der Waals surface area contributed by atoms with Crippen LogP contribution in [0.3, 0.4) is 0 Å². The van der Waals surface area contributed by atoms with Crippen LogP contribution in [-0.2, 0) is 34.0 Å². The van der Waals surface area contributed by atoms with Gasteiger partial charge >= 0.3 is 0 Å². The van der Waals surface area contributed by atoms with E-state index in [1.165, 1.54) is 4.90 Å². The lowest BCUT2D eigenvalue weighted by atomic mass is 10.0. The van der Waals surface area contributed by atoms with E-state index in [0.29, 0.717) is 36.6 Å². The molecule has 0 bridgehead atoms. The van der Waals surface area contributed by atoms with Gasteiger partial charge in [-0.15, -0.1) is 0 Å². The second kappa shape index (κ2) is 9.33. The van der Waals surface area contributed by atoms with Crippen molar-refractivity contribution < 1.29 is 28.0 Å². The topological polar surface area (TPSA) is 88.2 Å². The number of benzene rings is 2. The van der Waals surface area contributed by atoms with Gasteiger partial charge in [0, 0.05) is 37.2 Å². The third kappa shape index (κ3) is 4.62. The first-order chi connectivity index (χ1) is 17.3. The molecule has 0 spiro atoms. The molecule has 8 heteroatoms. The Morgan fingerprint density at radius 3 is 2.67 bits per heavy atom. The predicted octanol–water partition coefficient (Wildman–Crippen LogP) is 1.86. The molecule has 2 fully saturated rings. The number of rotatable bonds is 6. The highest BCUT2D eigenvalue weighted by Crippen LogP contribution is 2.34. The zero-order valence-electron chi connectivity index (χ0n) is 21.1. The van der Waals surface area contributed by atoms with Crippen molar-refractivity contribution in [3.8, 4) is 5.75 Å². The van der Waals surface area contributed by atoms with E-state index in [9.17, 15) is 14.4 Å². The molecular weight excluding hydrogens is 422 g/mol. The molecule has 3 aliphatic heterocycles. The van der Waals surface area contributed by atoms with E-state index in [1.807, 2.05) is 0 Å². The number of imide groups is 1. The summed E-state index contributed by atoms with van der Waals surface area (Å²) in [7, 11) is 0. The van der Waals surface area contributed by atoms with E-state index >= 15 is 0 Å². The lowest BCUT2D eigenvalue weighted by molar-refractivity contribution is -0.136. The van der Waals surface area contributed by atoms with Crippen LogP contribution in [0.4, 0.5) is 0 Å². The number of morpholine rings is 1. The number of hydrogen-bond donors (Lipinski definition) is 1. The predicted molar refractivity (Wildman–Crippen MR) is 119 cm³/mol. The Morgan fingerprint density at radius 1 is 1.12 bits per heavy atom. The molecule has 3 amide bonds. The van der Waals surface area contributed by atoms with Crippen LogP contribution in [-0.4, -0.2) is 59.9 Å². The summed E-state index contributed by atoms with van der Waals surface area (Å²) in [5.41, 5.74) is 1.90. The highest BCUT2D eigenvalue weighted by atomic mass is 16.5. The summed E-state index contributed by atoms with van der Waals surface area (Å²) < 4.78 is 36.8. The molecule has 2 saturated heterocycles. The molecule has 5 rings (SSSR count). The summed E-state index contributed by atoms with van der Waals surface area (Å²) in [5.74, 6) is -0.883. The number of piperidine rings is 1. The van der Waals surface area contributed by atoms with Crippen molar-refractivity contribution in [1.82, 2.24) is 15.1 Å². The Kier molecular flexibility index (Phi) is 5.15. The van der Waals surface area contributed by atoms with Crippen LogP contribution in [0.5, 0.6) is 5.75 Å². The van der Waals surface area contributed by atoms with Gasteiger partial charge in [0.25, 0.3) is 5.91 Å². The minimum Gasteiger partial charge on any atom is -0.489 e. The fourth-order valence-corrected chi connectivity index (χ4v) is 4.39. The van der Waals surface area contributed by atoms with Crippen LogP contribution in [0.15, 0.2) is 42.4 Å². The largest absolute Gasteiger partial charge is 0.489 e. The lowest BCUT2D eigenvalue weighted by Crippen LogP contribution is -2.52. The minimum absolute atomic E-state index is 0.0552. The van der Waals surface area contributed by atoms with Crippen molar-refractivity contribution in [3.63, 3.8) is 0 Å². The maximum atomic E-state index is 13.0. The molecule has 0 radical (unpaired) electrons. The van der Waals surface area contributed by atoms with Gasteiger partial charge in [0.2, 0.25) is 11.8 Å². The number of ether oxygens (including phenoxy) is 2. The van der Waals surface area contributed by atoms with Crippen molar-refractivity contribution in [2.24, 2.45) is 0 Å². The molecule has 172 valence electrons. The summed E-state index contributed by atoms with van der Waals surface area (Å²) in [6.45, 7) is 2.29. The summed E-state index contributed by atoms with van der Waals surface area (Å²) in [5, 5.41) is 2.28. The number of nitrogens with one attached hydrogen (secondary N) is 1. The zero-order chi connectivity index (χ0) is 25.4. The molecule has 2 unspecified atom stereocenters. The highest BCUT2D eigenvalue weighted by Gasteiger charge is 2.40. The normalized spacial score (nSPS) is 23.4. The highest BCUT2D eigenvalue weighted by molar-refractivity contribution is 6.05. The Hall–Kier alpha value is -3.23. The SMILES string of the molecule is [2H]c1cc(CN2CCOCC2)cc([2H])c1C([2H])Oc1cccc2c1CN(C1CCC(=O)NC1=O)C2=O. The summed E-state index contributed by atoms with van der Waals surface area (Å²) in [4.78, 5) is 40.5. The van der Waals surface area contributed by atoms with Gasteiger partial charge < -0.3 is 14.4 Å². The fourth-order valence-electron chi connectivity index (χ4n) is 4.39. The molecule has 1 N–H and O–H groups in total. The van der Waals surface area contributed by atoms with Gasteiger partial charge in [-0.05, 0) is 29.7 Å². The van der Waals surface area contributed by atoms with Crippen LogP contribution in [0.25, 0.3) is 0 Å². The average Bonchev–Trinajstić information content (AvgIpc) is 3.16. The number of fused-ring (bicyclic) bond motifs is 1. The van der Waals surface area contributed by atoms with E-state index in [0.717, 1.165) is 18.7 Å². The van der Waals surface area contributed by atoms with Crippen LogP contribution >= 0.6 is 0 Å². The van der Waals surface area contributed by atoms with Gasteiger partial charge in [0.05, 0.1) is 23.9 Å². The smallest absolute Gasteiger partial charge is 0.255 e. The third-order valence-electron chi connectivity index (χ3n) is 6.18. The fraction of sp³-hybridized carbons (Fsp3) is 0.400. The number of carbonyl (C=O) groups is 3. The van der Waals surface area contributed by atoms with E-state index in [4.69, 9.17) is 13.6 Å². The van der Waals surface area contributed by atoms with Gasteiger partial charge in [-0.3, -0.25) is 24.6 Å². The number of amides is 3. The van der Waals surface area contributed by atoms with Crippen LogP contribution in [0.2, 0.25) is 0 Å². The number of hydrogen-bond acceptors (Lipinski definition) is 6. The van der Waals surface area contributed by atoms with Crippen molar-refractivity contribution in [2.45, 2.75) is 38.6 Å². The van der Waals surface area contributed by atoms with E-state index in [2.05, 4.69) is 10.2 Å². The first-order valence-electron chi connectivity index (χ1n) is 12.6. The van der Waals surface area contributed by atoms with Gasteiger partial charge in [-0.25, -0.2) is 0 Å². The van der Waals surface area contributed by atoms with Gasteiger partial charge in [0.15, 0.2) is 0 Å². The molecular formula is C25H27N3O5. The molecule has 0 aliphatic carbocycles. The van der Waals surface area contributed by atoms with E-state index in [1.54, 1.807) is 30.3 Å². The Morgan fingerprint density at radius 2 is 1.91 bits per heavy atom. The lowest BCUT2D eigenvalue weighted by Gasteiger charge is -2.29. The molecule has 2 aromatic rings. The van der Waals surface area contributed by atoms with Gasteiger partial charge in [0.1, 0.15) is 18.4 Å². The number of nitrogens with zero attached hydrogens (tertiary/aromatic N) is 2. The Balaban J connectivity index is 1.33. The van der Waals surface area contributed by atoms with Crippen molar-refractivity contribution in [1.29, 1.82) is 0 Å².